The van der Waals surface area contributed by atoms with Crippen LogP contribution in [0.25, 0.3) is 0 Å². The highest BCUT2D eigenvalue weighted by molar-refractivity contribution is 6.04. The van der Waals surface area contributed by atoms with Crippen LogP contribution in [0, 0.1) is 18.3 Å². The van der Waals surface area contributed by atoms with Crippen molar-refractivity contribution in [3.8, 4) is 6.07 Å². The summed E-state index contributed by atoms with van der Waals surface area (Å²) in [7, 11) is 0. The summed E-state index contributed by atoms with van der Waals surface area (Å²) in [5, 5.41) is 11.7. The number of hydrogen-bond acceptors (Lipinski definition) is 4. The molecule has 0 saturated carbocycles. The van der Waals surface area contributed by atoms with Gasteiger partial charge in [0.05, 0.1) is 11.4 Å². The van der Waals surface area contributed by atoms with Crippen LogP contribution in [0.1, 0.15) is 41.1 Å². The number of aryl methyl sites for hydroxylation is 1. The topological polar surface area (TPSA) is 69.3 Å². The predicted octanol–water partition coefficient (Wildman–Crippen LogP) is 3.70. The maximum absolute atomic E-state index is 12.4. The van der Waals surface area contributed by atoms with Crippen LogP contribution in [0.4, 0.5) is 11.4 Å². The summed E-state index contributed by atoms with van der Waals surface area (Å²) in [6.45, 7) is 4.07. The zero-order valence-corrected chi connectivity index (χ0v) is 13.1. The van der Waals surface area contributed by atoms with Crippen molar-refractivity contribution in [3.05, 3.63) is 47.4 Å². The Labute approximate surface area is 135 Å². The third-order valence-electron chi connectivity index (χ3n) is 4.10. The number of carbonyl (C=O) groups is 1. The lowest BCUT2D eigenvalue weighted by atomic mass is 10.1. The number of nitrogens with zero attached hydrogens (tertiary/aromatic N) is 2. The fourth-order valence-corrected chi connectivity index (χ4v) is 3.00. The number of piperidine rings is 1. The fraction of sp³-hybridized carbons (Fsp3) is 0.333. The van der Waals surface area contributed by atoms with Gasteiger partial charge in [0, 0.05) is 13.1 Å². The van der Waals surface area contributed by atoms with E-state index >= 15 is 0 Å². The van der Waals surface area contributed by atoms with E-state index in [1.807, 2.05) is 18.2 Å². The van der Waals surface area contributed by atoms with Crippen LogP contribution in [0.3, 0.4) is 0 Å². The highest BCUT2D eigenvalue weighted by Crippen LogP contribution is 2.32. The SMILES string of the molecule is Cc1cccc(NC(=O)c2ccc(C#N)o2)c1N1CCCCC1. The van der Waals surface area contributed by atoms with Crippen LogP contribution in [-0.2, 0) is 0 Å². The number of carbonyl (C=O) groups excluding carboxylic acids is 1. The summed E-state index contributed by atoms with van der Waals surface area (Å²) in [6.07, 6.45) is 3.60. The number of furan rings is 1. The van der Waals surface area contributed by atoms with Crippen LogP contribution >= 0.6 is 0 Å². The van der Waals surface area contributed by atoms with Gasteiger partial charge < -0.3 is 14.6 Å². The monoisotopic (exact) mass is 309 g/mol. The van der Waals surface area contributed by atoms with Crippen molar-refractivity contribution in [1.82, 2.24) is 0 Å². The first-order chi connectivity index (χ1) is 11.2. The lowest BCUT2D eigenvalue weighted by molar-refractivity contribution is 0.0996. The van der Waals surface area contributed by atoms with Crippen LogP contribution in [-0.4, -0.2) is 19.0 Å². The molecule has 0 spiro atoms. The normalized spacial score (nSPS) is 14.3. The molecule has 1 fully saturated rings. The van der Waals surface area contributed by atoms with E-state index in [1.54, 1.807) is 0 Å². The first-order valence-electron chi connectivity index (χ1n) is 7.85. The Balaban J connectivity index is 1.86. The second-order valence-corrected chi connectivity index (χ2v) is 5.75. The Hall–Kier alpha value is -2.74. The van der Waals surface area contributed by atoms with E-state index in [1.165, 1.54) is 31.4 Å². The molecular weight excluding hydrogens is 290 g/mol. The Morgan fingerprint density at radius 2 is 2.00 bits per heavy atom. The van der Waals surface area contributed by atoms with E-state index in [0.717, 1.165) is 30.0 Å². The average Bonchev–Trinajstić information content (AvgIpc) is 3.05. The minimum absolute atomic E-state index is 0.135. The van der Waals surface area contributed by atoms with E-state index in [9.17, 15) is 4.79 Å². The Morgan fingerprint density at radius 3 is 2.70 bits per heavy atom. The molecule has 2 aromatic rings. The molecular formula is C18H19N3O2. The van der Waals surface area contributed by atoms with Gasteiger partial charge in [-0.2, -0.15) is 5.26 Å². The van der Waals surface area contributed by atoms with Crippen LogP contribution in [0.2, 0.25) is 0 Å². The van der Waals surface area contributed by atoms with Crippen LogP contribution in [0.15, 0.2) is 34.7 Å². The van der Waals surface area contributed by atoms with E-state index in [0.29, 0.717) is 0 Å². The van der Waals surface area contributed by atoms with Crippen molar-refractivity contribution in [1.29, 1.82) is 5.26 Å². The molecule has 1 aliphatic heterocycles. The molecule has 5 nitrogen and oxygen atoms in total. The summed E-state index contributed by atoms with van der Waals surface area (Å²) in [6, 6.07) is 10.8. The smallest absolute Gasteiger partial charge is 0.291 e. The zero-order chi connectivity index (χ0) is 16.2. The number of rotatable bonds is 3. The molecule has 0 radical (unpaired) electrons. The Bertz CT molecular complexity index is 752. The number of para-hydroxylation sites is 1. The highest BCUT2D eigenvalue weighted by atomic mass is 16.3. The number of hydrogen-bond donors (Lipinski definition) is 1. The molecule has 0 aliphatic carbocycles. The van der Waals surface area contributed by atoms with Gasteiger partial charge in [-0.15, -0.1) is 0 Å². The maximum Gasteiger partial charge on any atom is 0.291 e. The van der Waals surface area contributed by atoms with E-state index < -0.39 is 0 Å². The van der Waals surface area contributed by atoms with Crippen molar-refractivity contribution in [2.24, 2.45) is 0 Å². The minimum atomic E-state index is -0.338. The van der Waals surface area contributed by atoms with Gasteiger partial charge in [-0.05, 0) is 49.9 Å². The first-order valence-corrected chi connectivity index (χ1v) is 7.85. The standard InChI is InChI=1S/C18H19N3O2/c1-13-6-5-7-15(17(13)21-10-3-2-4-11-21)20-18(22)16-9-8-14(12-19)23-16/h5-9H,2-4,10-11H2,1H3,(H,20,22). The number of amides is 1. The Kier molecular flexibility index (Phi) is 4.33. The predicted molar refractivity (Wildman–Crippen MR) is 88.6 cm³/mol. The molecule has 5 heteroatoms. The first kappa shape index (κ1) is 15.2. The van der Waals surface area contributed by atoms with Crippen LogP contribution < -0.4 is 10.2 Å². The highest BCUT2D eigenvalue weighted by Gasteiger charge is 2.19. The van der Waals surface area contributed by atoms with E-state index in [2.05, 4.69) is 23.2 Å². The van der Waals surface area contributed by atoms with Crippen molar-refractivity contribution in [3.63, 3.8) is 0 Å². The molecule has 1 saturated heterocycles. The molecule has 1 aromatic carbocycles. The minimum Gasteiger partial charge on any atom is -0.440 e. The molecule has 2 heterocycles. The number of nitriles is 1. The molecule has 23 heavy (non-hydrogen) atoms. The van der Waals surface area contributed by atoms with Gasteiger partial charge in [0.2, 0.25) is 5.76 Å². The van der Waals surface area contributed by atoms with Gasteiger partial charge >= 0.3 is 0 Å². The number of anilines is 2. The van der Waals surface area contributed by atoms with Crippen molar-refractivity contribution in [2.75, 3.05) is 23.3 Å². The largest absolute Gasteiger partial charge is 0.440 e. The molecule has 3 rings (SSSR count). The molecule has 1 amide bonds. The fourth-order valence-electron chi connectivity index (χ4n) is 3.00. The summed E-state index contributed by atoms with van der Waals surface area (Å²) in [5.41, 5.74) is 3.00. The maximum atomic E-state index is 12.4. The molecule has 118 valence electrons. The average molecular weight is 309 g/mol. The van der Waals surface area contributed by atoms with E-state index in [-0.39, 0.29) is 17.4 Å². The van der Waals surface area contributed by atoms with Crippen molar-refractivity contribution in [2.45, 2.75) is 26.2 Å². The quantitative estimate of drug-likeness (QED) is 0.938. The third-order valence-corrected chi connectivity index (χ3v) is 4.10. The van der Waals surface area contributed by atoms with Crippen molar-refractivity contribution >= 4 is 17.3 Å². The molecule has 1 aliphatic rings. The van der Waals surface area contributed by atoms with Crippen LogP contribution in [0.5, 0.6) is 0 Å². The lowest BCUT2D eigenvalue weighted by Gasteiger charge is -2.31. The van der Waals surface area contributed by atoms with Gasteiger partial charge in [0.1, 0.15) is 6.07 Å². The van der Waals surface area contributed by atoms with Gasteiger partial charge in [-0.1, -0.05) is 12.1 Å². The summed E-state index contributed by atoms with van der Waals surface area (Å²) < 4.78 is 5.20. The van der Waals surface area contributed by atoms with Gasteiger partial charge in [0.15, 0.2) is 5.76 Å². The molecule has 0 unspecified atom stereocenters. The van der Waals surface area contributed by atoms with E-state index in [4.69, 9.17) is 9.68 Å². The van der Waals surface area contributed by atoms with Gasteiger partial charge in [0.25, 0.3) is 5.91 Å². The van der Waals surface area contributed by atoms with Gasteiger partial charge in [-0.25, -0.2) is 0 Å². The van der Waals surface area contributed by atoms with Crippen molar-refractivity contribution < 1.29 is 9.21 Å². The molecule has 1 N–H and O–H groups in total. The zero-order valence-electron chi connectivity index (χ0n) is 13.1. The lowest BCUT2D eigenvalue weighted by Crippen LogP contribution is -2.31. The molecule has 1 aromatic heterocycles. The third kappa shape index (κ3) is 3.21. The summed E-state index contributed by atoms with van der Waals surface area (Å²) >= 11 is 0. The Morgan fingerprint density at radius 1 is 1.22 bits per heavy atom. The molecule has 0 atom stereocenters. The second-order valence-electron chi connectivity index (χ2n) is 5.75. The molecule has 0 bridgehead atoms. The summed E-state index contributed by atoms with van der Waals surface area (Å²) in [4.78, 5) is 14.7. The second kappa shape index (κ2) is 6.57. The number of nitrogens with one attached hydrogen (secondary N) is 1. The van der Waals surface area contributed by atoms with Gasteiger partial charge in [-0.3, -0.25) is 4.79 Å². The number of benzene rings is 1. The summed E-state index contributed by atoms with van der Waals surface area (Å²) in [5.74, 6) is -0.0568.